The van der Waals surface area contributed by atoms with Gasteiger partial charge in [-0.3, -0.25) is 0 Å². The molecule has 0 aliphatic rings. The molecule has 0 aromatic heterocycles. The summed E-state index contributed by atoms with van der Waals surface area (Å²) in [6, 6.07) is 4.39. The van der Waals surface area contributed by atoms with Crippen molar-refractivity contribution < 1.29 is 8.78 Å². The first kappa shape index (κ1) is 13.1. The van der Waals surface area contributed by atoms with Crippen LogP contribution in [0.3, 0.4) is 0 Å². The maximum absolute atomic E-state index is 13.3. The lowest BCUT2D eigenvalue weighted by atomic mass is 10.1. The Morgan fingerprint density at radius 2 is 1.88 bits per heavy atom. The second-order valence-electron chi connectivity index (χ2n) is 4.09. The number of halogens is 2. The van der Waals surface area contributed by atoms with Crippen molar-refractivity contribution in [2.45, 2.75) is 39.2 Å². The summed E-state index contributed by atoms with van der Waals surface area (Å²) in [5, 5.41) is 3.25. The lowest BCUT2D eigenvalue weighted by Gasteiger charge is -2.12. The molecule has 0 radical (unpaired) electrons. The lowest BCUT2D eigenvalue weighted by molar-refractivity contribution is 0.496. The Balaban J connectivity index is 2.43. The molecule has 3 heteroatoms. The van der Waals surface area contributed by atoms with E-state index in [0.717, 1.165) is 12.8 Å². The Morgan fingerprint density at radius 3 is 2.44 bits per heavy atom. The molecule has 0 bridgehead atoms. The Bertz CT molecular complexity index is 305. The highest BCUT2D eigenvalue weighted by molar-refractivity contribution is 5.19. The van der Waals surface area contributed by atoms with Gasteiger partial charge in [0.25, 0.3) is 0 Å². The summed E-state index contributed by atoms with van der Waals surface area (Å²) in [6.07, 6.45) is 2.59. The summed E-state index contributed by atoms with van der Waals surface area (Å²) in [6.45, 7) is 4.81. The van der Waals surface area contributed by atoms with Gasteiger partial charge in [-0.05, 0) is 38.4 Å². The molecule has 0 spiro atoms. The number of rotatable bonds is 6. The van der Waals surface area contributed by atoms with Gasteiger partial charge in [0.2, 0.25) is 0 Å². The van der Waals surface area contributed by atoms with Crippen LogP contribution in [0.4, 0.5) is 8.78 Å². The van der Waals surface area contributed by atoms with Crippen LogP contribution in [0.5, 0.6) is 0 Å². The van der Waals surface area contributed by atoms with E-state index in [0.29, 0.717) is 19.0 Å². The molecule has 0 aliphatic carbocycles. The van der Waals surface area contributed by atoms with Crippen LogP contribution < -0.4 is 5.32 Å². The highest BCUT2D eigenvalue weighted by Crippen LogP contribution is 2.12. The Kier molecular flexibility index (Phi) is 5.39. The van der Waals surface area contributed by atoms with Crippen LogP contribution in [-0.2, 0) is 6.42 Å². The van der Waals surface area contributed by atoms with Gasteiger partial charge in [0, 0.05) is 11.6 Å². The van der Waals surface area contributed by atoms with E-state index in [2.05, 4.69) is 19.2 Å². The first-order valence-corrected chi connectivity index (χ1v) is 5.81. The van der Waals surface area contributed by atoms with Crippen LogP contribution in [0.1, 0.15) is 32.3 Å². The molecule has 90 valence electrons. The van der Waals surface area contributed by atoms with E-state index < -0.39 is 11.6 Å². The highest BCUT2D eigenvalue weighted by atomic mass is 19.1. The number of hydrogen-bond acceptors (Lipinski definition) is 1. The predicted molar refractivity (Wildman–Crippen MR) is 62.4 cm³/mol. The molecule has 1 N–H and O–H groups in total. The zero-order valence-corrected chi connectivity index (χ0v) is 9.89. The van der Waals surface area contributed by atoms with Gasteiger partial charge in [-0.15, -0.1) is 0 Å². The first-order chi connectivity index (χ1) is 7.65. The third-order valence-corrected chi connectivity index (χ3v) is 2.65. The monoisotopic (exact) mass is 227 g/mol. The predicted octanol–water partition coefficient (Wildman–Crippen LogP) is 3.29. The normalized spacial score (nSPS) is 12.8. The van der Waals surface area contributed by atoms with Crippen molar-refractivity contribution in [1.82, 2.24) is 5.32 Å². The SMILES string of the molecule is CCCC(C)NCCc1c(F)cccc1F. The fraction of sp³-hybridized carbons (Fsp3) is 0.538. The summed E-state index contributed by atoms with van der Waals surface area (Å²) >= 11 is 0. The van der Waals surface area contributed by atoms with Crippen molar-refractivity contribution in [2.75, 3.05) is 6.54 Å². The van der Waals surface area contributed by atoms with Crippen LogP contribution in [0, 0.1) is 11.6 Å². The maximum Gasteiger partial charge on any atom is 0.129 e. The summed E-state index contributed by atoms with van der Waals surface area (Å²) in [5.74, 6) is -0.908. The molecule has 1 nitrogen and oxygen atoms in total. The average molecular weight is 227 g/mol. The van der Waals surface area contributed by atoms with Gasteiger partial charge in [0.1, 0.15) is 11.6 Å². The zero-order valence-electron chi connectivity index (χ0n) is 9.89. The van der Waals surface area contributed by atoms with E-state index >= 15 is 0 Å². The molecule has 1 aromatic carbocycles. The van der Waals surface area contributed by atoms with Crippen LogP contribution >= 0.6 is 0 Å². The fourth-order valence-corrected chi connectivity index (χ4v) is 1.75. The third kappa shape index (κ3) is 3.89. The summed E-state index contributed by atoms with van der Waals surface area (Å²) in [5.41, 5.74) is 0.179. The van der Waals surface area contributed by atoms with Gasteiger partial charge in [-0.2, -0.15) is 0 Å². The number of benzene rings is 1. The van der Waals surface area contributed by atoms with Crippen molar-refractivity contribution >= 4 is 0 Å². The van der Waals surface area contributed by atoms with Crippen molar-refractivity contribution in [1.29, 1.82) is 0 Å². The first-order valence-electron chi connectivity index (χ1n) is 5.81. The van der Waals surface area contributed by atoms with E-state index in [9.17, 15) is 8.78 Å². The quantitative estimate of drug-likeness (QED) is 0.786. The van der Waals surface area contributed by atoms with Gasteiger partial charge < -0.3 is 5.32 Å². The van der Waals surface area contributed by atoms with E-state index in [1.165, 1.54) is 18.2 Å². The topological polar surface area (TPSA) is 12.0 Å². The van der Waals surface area contributed by atoms with Crippen molar-refractivity contribution in [3.63, 3.8) is 0 Å². The molecule has 0 saturated carbocycles. The van der Waals surface area contributed by atoms with Crippen LogP contribution in [-0.4, -0.2) is 12.6 Å². The minimum atomic E-state index is -0.454. The summed E-state index contributed by atoms with van der Waals surface area (Å²) in [7, 11) is 0. The van der Waals surface area contributed by atoms with Gasteiger partial charge >= 0.3 is 0 Å². The van der Waals surface area contributed by atoms with Gasteiger partial charge in [0.15, 0.2) is 0 Å². The molecule has 1 unspecified atom stereocenters. The molecule has 0 aliphatic heterocycles. The standard InChI is InChI=1S/C13H19F2N/c1-3-5-10(2)16-9-8-11-12(14)6-4-7-13(11)15/h4,6-7,10,16H,3,5,8-9H2,1-2H3. The lowest BCUT2D eigenvalue weighted by Crippen LogP contribution is -2.28. The van der Waals surface area contributed by atoms with Crippen LogP contribution in [0.15, 0.2) is 18.2 Å². The van der Waals surface area contributed by atoms with Gasteiger partial charge in [0.05, 0.1) is 0 Å². The molecular formula is C13H19F2N. The molecule has 0 heterocycles. The van der Waals surface area contributed by atoms with E-state index in [1.807, 2.05) is 0 Å². The fourth-order valence-electron chi connectivity index (χ4n) is 1.75. The van der Waals surface area contributed by atoms with Crippen molar-refractivity contribution in [3.8, 4) is 0 Å². The Morgan fingerprint density at radius 1 is 1.25 bits per heavy atom. The smallest absolute Gasteiger partial charge is 0.129 e. The van der Waals surface area contributed by atoms with Crippen molar-refractivity contribution in [3.05, 3.63) is 35.4 Å². The molecular weight excluding hydrogens is 208 g/mol. The Hall–Kier alpha value is -0.960. The minimum Gasteiger partial charge on any atom is -0.314 e. The second kappa shape index (κ2) is 6.59. The van der Waals surface area contributed by atoms with Crippen LogP contribution in [0.25, 0.3) is 0 Å². The summed E-state index contributed by atoms with van der Waals surface area (Å²) in [4.78, 5) is 0. The zero-order chi connectivity index (χ0) is 12.0. The van der Waals surface area contributed by atoms with Gasteiger partial charge in [-0.1, -0.05) is 19.4 Å². The highest BCUT2D eigenvalue weighted by Gasteiger charge is 2.08. The maximum atomic E-state index is 13.3. The molecule has 0 saturated heterocycles. The molecule has 1 rings (SSSR count). The van der Waals surface area contributed by atoms with E-state index in [4.69, 9.17) is 0 Å². The number of nitrogens with one attached hydrogen (secondary N) is 1. The molecule has 1 atom stereocenters. The Labute approximate surface area is 95.9 Å². The minimum absolute atomic E-state index is 0.179. The van der Waals surface area contributed by atoms with E-state index in [1.54, 1.807) is 0 Å². The molecule has 0 amide bonds. The largest absolute Gasteiger partial charge is 0.314 e. The van der Waals surface area contributed by atoms with Gasteiger partial charge in [-0.25, -0.2) is 8.78 Å². The summed E-state index contributed by atoms with van der Waals surface area (Å²) < 4.78 is 26.5. The van der Waals surface area contributed by atoms with E-state index in [-0.39, 0.29) is 5.56 Å². The number of hydrogen-bond donors (Lipinski definition) is 1. The van der Waals surface area contributed by atoms with Crippen molar-refractivity contribution in [2.24, 2.45) is 0 Å². The molecule has 1 aromatic rings. The second-order valence-corrected chi connectivity index (χ2v) is 4.09. The average Bonchev–Trinajstić information content (AvgIpc) is 2.23. The van der Waals surface area contributed by atoms with Crippen LogP contribution in [0.2, 0.25) is 0 Å². The molecule has 0 fully saturated rings. The molecule has 16 heavy (non-hydrogen) atoms. The third-order valence-electron chi connectivity index (χ3n) is 2.65.